The highest BCUT2D eigenvalue weighted by atomic mass is 16.7. The molecule has 19 heavy (non-hydrogen) atoms. The number of hydrogen-bond acceptors (Lipinski definition) is 4. The molecule has 1 fully saturated rings. The Morgan fingerprint density at radius 1 is 1.21 bits per heavy atom. The van der Waals surface area contributed by atoms with Gasteiger partial charge in [0, 0.05) is 11.8 Å². The first kappa shape index (κ1) is 14.1. The highest BCUT2D eigenvalue weighted by molar-refractivity contribution is 6.52. The molecule has 0 bridgehead atoms. The number of rotatable bonds is 3. The van der Waals surface area contributed by atoms with E-state index in [0.717, 1.165) is 5.56 Å². The van der Waals surface area contributed by atoms with Crippen molar-refractivity contribution >= 4 is 13.2 Å². The van der Waals surface area contributed by atoms with Gasteiger partial charge >= 0.3 is 7.12 Å². The quantitative estimate of drug-likeness (QED) is 0.784. The lowest BCUT2D eigenvalue weighted by Crippen LogP contribution is -2.41. The molecule has 0 aromatic carbocycles. The van der Waals surface area contributed by atoms with Gasteiger partial charge in [-0.05, 0) is 39.8 Å². The molecular weight excluding hydrogens is 241 g/mol. The van der Waals surface area contributed by atoms with Crippen LogP contribution in [0.2, 0.25) is 0 Å². The molecule has 0 radical (unpaired) electrons. The minimum Gasteiger partial charge on any atom is -0.481 e. The van der Waals surface area contributed by atoms with E-state index in [9.17, 15) is 0 Å². The number of ether oxygens (including phenoxy) is 1. The third-order valence-corrected chi connectivity index (χ3v) is 3.70. The molecule has 0 atom stereocenters. The van der Waals surface area contributed by atoms with Crippen LogP contribution in [0, 0.1) is 0 Å². The lowest BCUT2D eigenvalue weighted by Gasteiger charge is -2.32. The molecule has 4 nitrogen and oxygen atoms in total. The van der Waals surface area contributed by atoms with Crippen molar-refractivity contribution < 1.29 is 14.0 Å². The Morgan fingerprint density at radius 3 is 2.42 bits per heavy atom. The molecule has 0 spiro atoms. The Morgan fingerprint density at radius 2 is 1.84 bits per heavy atom. The van der Waals surface area contributed by atoms with Crippen molar-refractivity contribution in [2.45, 2.75) is 38.9 Å². The lowest BCUT2D eigenvalue weighted by atomic mass is 9.89. The van der Waals surface area contributed by atoms with Gasteiger partial charge in [-0.3, -0.25) is 0 Å². The zero-order valence-corrected chi connectivity index (χ0v) is 12.1. The predicted octanol–water partition coefficient (Wildman–Crippen LogP) is 2.73. The average Bonchev–Trinajstić information content (AvgIpc) is 2.55. The molecule has 102 valence electrons. The van der Waals surface area contributed by atoms with Crippen molar-refractivity contribution in [3.8, 4) is 5.88 Å². The first-order valence-corrected chi connectivity index (χ1v) is 6.38. The SMILES string of the molecule is COc1ncccc1/C=C/B1OC(C)(C)C(C)(C)O1. The van der Waals surface area contributed by atoms with Crippen LogP contribution in [0.3, 0.4) is 0 Å². The Hall–Kier alpha value is -1.33. The van der Waals surface area contributed by atoms with Crippen LogP contribution in [0.1, 0.15) is 33.3 Å². The number of nitrogens with zero attached hydrogens (tertiary/aromatic N) is 1. The van der Waals surface area contributed by atoms with Gasteiger partial charge in [0.15, 0.2) is 0 Å². The molecule has 0 N–H and O–H groups in total. The van der Waals surface area contributed by atoms with Crippen LogP contribution in [-0.4, -0.2) is 30.4 Å². The number of aromatic nitrogens is 1. The first-order chi connectivity index (χ1) is 8.86. The molecule has 1 aromatic rings. The van der Waals surface area contributed by atoms with E-state index in [4.69, 9.17) is 14.0 Å². The molecule has 1 aromatic heterocycles. The highest BCUT2D eigenvalue weighted by Gasteiger charge is 2.49. The van der Waals surface area contributed by atoms with Gasteiger partial charge in [0.25, 0.3) is 0 Å². The third-order valence-electron chi connectivity index (χ3n) is 3.70. The van der Waals surface area contributed by atoms with Gasteiger partial charge in [-0.25, -0.2) is 4.98 Å². The van der Waals surface area contributed by atoms with Gasteiger partial charge in [0.2, 0.25) is 5.88 Å². The molecule has 2 rings (SSSR count). The Bertz CT molecular complexity index is 469. The maximum absolute atomic E-state index is 5.89. The van der Waals surface area contributed by atoms with Gasteiger partial charge < -0.3 is 14.0 Å². The Balaban J connectivity index is 2.13. The van der Waals surface area contributed by atoms with Crippen molar-refractivity contribution in [3.05, 3.63) is 29.9 Å². The maximum atomic E-state index is 5.89. The van der Waals surface area contributed by atoms with E-state index >= 15 is 0 Å². The van der Waals surface area contributed by atoms with Crippen molar-refractivity contribution in [2.75, 3.05) is 7.11 Å². The summed E-state index contributed by atoms with van der Waals surface area (Å²) in [5.41, 5.74) is 0.266. The normalized spacial score (nSPS) is 21.0. The van der Waals surface area contributed by atoms with Crippen molar-refractivity contribution in [1.29, 1.82) is 0 Å². The van der Waals surface area contributed by atoms with Crippen LogP contribution >= 0.6 is 0 Å². The zero-order valence-electron chi connectivity index (χ0n) is 12.1. The minimum atomic E-state index is -0.352. The number of hydrogen-bond donors (Lipinski definition) is 0. The van der Waals surface area contributed by atoms with E-state index < -0.39 is 0 Å². The second-order valence-corrected chi connectivity index (χ2v) is 5.59. The topological polar surface area (TPSA) is 40.6 Å². The first-order valence-electron chi connectivity index (χ1n) is 6.38. The summed E-state index contributed by atoms with van der Waals surface area (Å²) >= 11 is 0. The van der Waals surface area contributed by atoms with E-state index in [0.29, 0.717) is 5.88 Å². The Kier molecular flexibility index (Phi) is 3.70. The summed E-state index contributed by atoms with van der Waals surface area (Å²) in [4.78, 5) is 4.14. The molecular formula is C14H20BNO3. The molecule has 1 aliphatic heterocycles. The van der Waals surface area contributed by atoms with Crippen molar-refractivity contribution in [1.82, 2.24) is 4.98 Å². The Labute approximate surface area is 114 Å². The smallest absolute Gasteiger partial charge is 0.481 e. The average molecular weight is 261 g/mol. The zero-order chi connectivity index (χ0) is 14.1. The van der Waals surface area contributed by atoms with Gasteiger partial charge in [0.05, 0.1) is 18.3 Å². The summed E-state index contributed by atoms with van der Waals surface area (Å²) in [7, 11) is 1.25. The fourth-order valence-corrected chi connectivity index (χ4v) is 1.85. The summed E-state index contributed by atoms with van der Waals surface area (Å²) < 4.78 is 17.0. The molecule has 0 saturated carbocycles. The van der Waals surface area contributed by atoms with Crippen LogP contribution in [0.25, 0.3) is 6.08 Å². The predicted molar refractivity (Wildman–Crippen MR) is 75.9 cm³/mol. The monoisotopic (exact) mass is 261 g/mol. The van der Waals surface area contributed by atoms with Crippen LogP contribution in [0.5, 0.6) is 5.88 Å². The van der Waals surface area contributed by atoms with Crippen molar-refractivity contribution in [2.24, 2.45) is 0 Å². The summed E-state index contributed by atoms with van der Waals surface area (Å²) in [5.74, 6) is 2.48. The van der Waals surface area contributed by atoms with Gasteiger partial charge in [-0.2, -0.15) is 0 Å². The fraction of sp³-hybridized carbons (Fsp3) is 0.500. The molecule has 2 heterocycles. The van der Waals surface area contributed by atoms with Crippen LogP contribution in [0.15, 0.2) is 24.3 Å². The van der Waals surface area contributed by atoms with Crippen molar-refractivity contribution in [3.63, 3.8) is 0 Å². The summed E-state index contributed by atoms with van der Waals surface area (Å²) in [6.07, 6.45) is 3.61. The number of pyridine rings is 1. The maximum Gasteiger partial charge on any atom is 0.487 e. The molecule has 0 aliphatic carbocycles. The lowest BCUT2D eigenvalue weighted by molar-refractivity contribution is 0.00578. The fourth-order valence-electron chi connectivity index (χ4n) is 1.85. The third kappa shape index (κ3) is 2.82. The standard InChI is InChI=1S/C14H20BNO3/c1-13(2)14(3,4)19-15(18-13)9-8-11-7-6-10-16-12(11)17-5/h6-10H,1-5H3/b9-8+. The molecule has 1 saturated heterocycles. The van der Waals surface area contributed by atoms with Crippen LogP contribution in [-0.2, 0) is 9.31 Å². The largest absolute Gasteiger partial charge is 0.487 e. The highest BCUT2D eigenvalue weighted by Crippen LogP contribution is 2.37. The minimum absolute atomic E-state index is 0.318. The summed E-state index contributed by atoms with van der Waals surface area (Å²) in [5, 5.41) is 0. The number of methoxy groups -OCH3 is 1. The summed E-state index contributed by atoms with van der Waals surface area (Å²) in [6, 6.07) is 3.81. The van der Waals surface area contributed by atoms with E-state index in [-0.39, 0.29) is 18.3 Å². The summed E-state index contributed by atoms with van der Waals surface area (Å²) in [6.45, 7) is 8.13. The molecule has 5 heteroatoms. The van der Waals surface area contributed by atoms with E-state index in [2.05, 4.69) is 4.98 Å². The van der Waals surface area contributed by atoms with E-state index in [1.165, 1.54) is 0 Å². The van der Waals surface area contributed by atoms with Crippen LogP contribution < -0.4 is 4.74 Å². The van der Waals surface area contributed by atoms with Crippen LogP contribution in [0.4, 0.5) is 0 Å². The second kappa shape index (κ2) is 4.98. The molecule has 1 aliphatic rings. The molecule has 0 amide bonds. The second-order valence-electron chi connectivity index (χ2n) is 5.59. The van der Waals surface area contributed by atoms with Gasteiger partial charge in [-0.15, -0.1) is 0 Å². The van der Waals surface area contributed by atoms with Gasteiger partial charge in [0.1, 0.15) is 0 Å². The molecule has 0 unspecified atom stereocenters. The van der Waals surface area contributed by atoms with E-state index in [1.807, 2.05) is 51.9 Å². The van der Waals surface area contributed by atoms with Gasteiger partial charge in [-0.1, -0.05) is 12.1 Å². The van der Waals surface area contributed by atoms with E-state index in [1.54, 1.807) is 13.3 Å².